The summed E-state index contributed by atoms with van der Waals surface area (Å²) in [6, 6.07) is 16.2. The van der Waals surface area contributed by atoms with Crippen molar-refractivity contribution in [3.63, 3.8) is 0 Å². The summed E-state index contributed by atoms with van der Waals surface area (Å²) >= 11 is 0. The first-order valence-electron chi connectivity index (χ1n) is 14.4. The number of ether oxygens (including phenoxy) is 1. The topological polar surface area (TPSA) is 98.8 Å². The number of amides is 2. The molecule has 3 heterocycles. The fourth-order valence-corrected chi connectivity index (χ4v) is 5.69. The molecule has 1 saturated heterocycles. The molecular weight excluding hydrogens is 516 g/mol. The molecule has 2 aromatic heterocycles. The fourth-order valence-electron chi connectivity index (χ4n) is 5.69. The molecule has 214 valence electrons. The first kappa shape index (κ1) is 28.4. The predicted molar refractivity (Wildman–Crippen MR) is 160 cm³/mol. The van der Waals surface area contributed by atoms with Crippen LogP contribution >= 0.6 is 0 Å². The zero-order valence-corrected chi connectivity index (χ0v) is 23.9. The molecule has 2 aromatic carbocycles. The number of unbranched alkanes of at least 4 members (excludes halogenated alkanes) is 1. The van der Waals surface area contributed by atoms with Crippen LogP contribution in [0, 0.1) is 13.8 Å². The van der Waals surface area contributed by atoms with E-state index in [2.05, 4.69) is 42.0 Å². The van der Waals surface area contributed by atoms with Crippen LogP contribution in [0.5, 0.6) is 0 Å². The molecule has 8 nitrogen and oxygen atoms in total. The molecule has 1 aliphatic rings. The van der Waals surface area contributed by atoms with Gasteiger partial charge in [-0.05, 0) is 98.7 Å². The molecule has 0 saturated carbocycles. The number of hydrogen-bond acceptors (Lipinski definition) is 4. The molecule has 0 spiro atoms. The SMILES string of the molecule is Cc1cc(C)cc(-c2[nH]c3ccc(C(=O)N4CCOCC4)cc3c2CCN(CCCCc2ccncc2)C(=O)O)c1. The Balaban J connectivity index is 1.40. The van der Waals surface area contributed by atoms with Gasteiger partial charge in [0.15, 0.2) is 0 Å². The highest BCUT2D eigenvalue weighted by Gasteiger charge is 2.22. The zero-order valence-electron chi connectivity index (χ0n) is 23.9. The Hall–Kier alpha value is -4.17. The van der Waals surface area contributed by atoms with Crippen molar-refractivity contribution in [3.05, 3.63) is 88.7 Å². The van der Waals surface area contributed by atoms with Crippen molar-refractivity contribution in [1.29, 1.82) is 0 Å². The van der Waals surface area contributed by atoms with E-state index in [9.17, 15) is 14.7 Å². The average molecular weight is 555 g/mol. The quantitative estimate of drug-likeness (QED) is 0.239. The summed E-state index contributed by atoms with van der Waals surface area (Å²) in [4.78, 5) is 36.5. The molecule has 8 heteroatoms. The number of carbonyl (C=O) groups excluding carboxylic acids is 1. The van der Waals surface area contributed by atoms with Gasteiger partial charge in [-0.1, -0.05) is 17.2 Å². The maximum Gasteiger partial charge on any atom is 0.407 e. The number of carboxylic acid groups (broad SMARTS) is 1. The van der Waals surface area contributed by atoms with Gasteiger partial charge in [0.1, 0.15) is 0 Å². The van der Waals surface area contributed by atoms with Crippen LogP contribution in [-0.2, 0) is 17.6 Å². The Kier molecular flexibility index (Phi) is 8.99. The molecule has 41 heavy (non-hydrogen) atoms. The summed E-state index contributed by atoms with van der Waals surface area (Å²) < 4.78 is 5.42. The van der Waals surface area contributed by atoms with Gasteiger partial charge in [-0.25, -0.2) is 4.79 Å². The lowest BCUT2D eigenvalue weighted by atomic mass is 9.98. The van der Waals surface area contributed by atoms with Crippen LogP contribution in [0.1, 0.15) is 45.5 Å². The van der Waals surface area contributed by atoms with Gasteiger partial charge in [-0.3, -0.25) is 9.78 Å². The van der Waals surface area contributed by atoms with Gasteiger partial charge in [0.25, 0.3) is 5.91 Å². The Labute approximate surface area is 241 Å². The number of morpholine rings is 1. The number of aromatic amines is 1. The van der Waals surface area contributed by atoms with Crippen LogP contribution in [0.3, 0.4) is 0 Å². The van der Waals surface area contributed by atoms with Crippen molar-refractivity contribution < 1.29 is 19.4 Å². The molecule has 0 unspecified atom stereocenters. The first-order chi connectivity index (χ1) is 19.9. The van der Waals surface area contributed by atoms with E-state index < -0.39 is 6.09 Å². The summed E-state index contributed by atoms with van der Waals surface area (Å²) in [5.41, 5.74) is 8.18. The number of fused-ring (bicyclic) bond motifs is 1. The van der Waals surface area contributed by atoms with Crippen LogP contribution in [-0.4, -0.2) is 76.3 Å². The number of H-pyrrole nitrogens is 1. The molecule has 0 aliphatic carbocycles. The minimum atomic E-state index is -0.912. The van der Waals surface area contributed by atoms with Crippen LogP contribution in [0.15, 0.2) is 60.9 Å². The molecule has 0 radical (unpaired) electrons. The van der Waals surface area contributed by atoms with Crippen LogP contribution in [0.25, 0.3) is 22.2 Å². The van der Waals surface area contributed by atoms with E-state index >= 15 is 0 Å². The van der Waals surface area contributed by atoms with Gasteiger partial charge in [0.05, 0.1) is 13.2 Å². The van der Waals surface area contributed by atoms with E-state index in [0.29, 0.717) is 51.4 Å². The molecule has 0 bridgehead atoms. The third-order valence-electron chi connectivity index (χ3n) is 7.76. The van der Waals surface area contributed by atoms with Gasteiger partial charge in [0.2, 0.25) is 0 Å². The van der Waals surface area contributed by atoms with Crippen molar-refractivity contribution in [2.24, 2.45) is 0 Å². The van der Waals surface area contributed by atoms with Crippen LogP contribution < -0.4 is 0 Å². The van der Waals surface area contributed by atoms with Crippen molar-refractivity contribution in [3.8, 4) is 11.3 Å². The molecular formula is C33H38N4O4. The predicted octanol–water partition coefficient (Wildman–Crippen LogP) is 5.86. The molecule has 2 amide bonds. The molecule has 2 N–H and O–H groups in total. The summed E-state index contributed by atoms with van der Waals surface area (Å²) in [6.07, 6.45) is 5.78. The summed E-state index contributed by atoms with van der Waals surface area (Å²) in [6.45, 7) is 7.27. The zero-order chi connectivity index (χ0) is 28.8. The molecule has 1 fully saturated rings. The lowest BCUT2D eigenvalue weighted by molar-refractivity contribution is 0.0303. The van der Waals surface area contributed by atoms with Crippen molar-refractivity contribution in [2.45, 2.75) is 39.5 Å². The summed E-state index contributed by atoms with van der Waals surface area (Å²) in [5, 5.41) is 11.0. The Morgan fingerprint density at radius 3 is 2.39 bits per heavy atom. The van der Waals surface area contributed by atoms with E-state index in [1.807, 2.05) is 35.2 Å². The lowest BCUT2D eigenvalue weighted by Gasteiger charge is -2.26. The van der Waals surface area contributed by atoms with Crippen molar-refractivity contribution >= 4 is 22.9 Å². The van der Waals surface area contributed by atoms with Crippen LogP contribution in [0.4, 0.5) is 4.79 Å². The Bertz CT molecular complexity index is 1490. The fraction of sp³-hybridized carbons (Fsp3) is 0.364. The monoisotopic (exact) mass is 554 g/mol. The second-order valence-electron chi connectivity index (χ2n) is 10.9. The summed E-state index contributed by atoms with van der Waals surface area (Å²) in [5.74, 6) is -0.00309. The number of rotatable bonds is 10. The number of carbonyl (C=O) groups is 2. The number of benzene rings is 2. The number of nitrogens with zero attached hydrogens (tertiary/aromatic N) is 3. The normalized spacial score (nSPS) is 13.5. The second kappa shape index (κ2) is 13.0. The second-order valence-corrected chi connectivity index (χ2v) is 10.9. The van der Waals surface area contributed by atoms with Crippen molar-refractivity contribution in [1.82, 2.24) is 19.8 Å². The standard InChI is InChI=1S/C33H38N4O4/c1-23-19-24(2)21-27(20-23)31-28(10-14-37(33(39)40)13-4-3-5-25-8-11-34-12-9-25)29-22-26(6-7-30(29)35-31)32(38)36-15-17-41-18-16-36/h6-9,11-12,19-22,35H,3-5,10,13-18H2,1-2H3,(H,39,40). The molecule has 1 aliphatic heterocycles. The van der Waals surface area contributed by atoms with E-state index in [-0.39, 0.29) is 5.91 Å². The third kappa shape index (κ3) is 6.95. The van der Waals surface area contributed by atoms with Gasteiger partial charge in [-0.15, -0.1) is 0 Å². The maximum absolute atomic E-state index is 13.3. The molecule has 4 aromatic rings. The maximum atomic E-state index is 13.3. The average Bonchev–Trinajstić information content (AvgIpc) is 3.34. The Morgan fingerprint density at radius 1 is 0.951 bits per heavy atom. The van der Waals surface area contributed by atoms with Gasteiger partial charge in [-0.2, -0.15) is 0 Å². The highest BCUT2D eigenvalue weighted by atomic mass is 16.5. The summed E-state index contributed by atoms with van der Waals surface area (Å²) in [7, 11) is 0. The smallest absolute Gasteiger partial charge is 0.407 e. The van der Waals surface area contributed by atoms with Gasteiger partial charge in [0, 0.05) is 60.7 Å². The van der Waals surface area contributed by atoms with Gasteiger partial charge >= 0.3 is 6.09 Å². The largest absolute Gasteiger partial charge is 0.465 e. The third-order valence-corrected chi connectivity index (χ3v) is 7.76. The number of aromatic nitrogens is 2. The van der Waals surface area contributed by atoms with Gasteiger partial charge < -0.3 is 24.6 Å². The highest BCUT2D eigenvalue weighted by Crippen LogP contribution is 2.33. The first-order valence-corrected chi connectivity index (χ1v) is 14.4. The molecule has 0 atom stereocenters. The Morgan fingerprint density at radius 2 is 1.68 bits per heavy atom. The number of nitrogens with one attached hydrogen (secondary N) is 1. The van der Waals surface area contributed by atoms with Crippen LogP contribution in [0.2, 0.25) is 0 Å². The van der Waals surface area contributed by atoms with E-state index in [0.717, 1.165) is 58.1 Å². The number of hydrogen-bond donors (Lipinski definition) is 2. The number of pyridine rings is 1. The highest BCUT2D eigenvalue weighted by molar-refractivity contribution is 6.00. The van der Waals surface area contributed by atoms with E-state index in [1.165, 1.54) is 10.5 Å². The number of aryl methyl sites for hydroxylation is 3. The lowest BCUT2D eigenvalue weighted by Crippen LogP contribution is -2.40. The molecule has 5 rings (SSSR count). The van der Waals surface area contributed by atoms with Crippen molar-refractivity contribution in [2.75, 3.05) is 39.4 Å². The van der Waals surface area contributed by atoms with E-state index in [1.54, 1.807) is 12.4 Å². The van der Waals surface area contributed by atoms with E-state index in [4.69, 9.17) is 4.74 Å². The minimum absolute atomic E-state index is 0.00309. The minimum Gasteiger partial charge on any atom is -0.465 e.